The minimum atomic E-state index is 0.569. The van der Waals surface area contributed by atoms with Crippen molar-refractivity contribution in [1.29, 1.82) is 0 Å². The van der Waals surface area contributed by atoms with Crippen molar-refractivity contribution in [1.82, 2.24) is 9.78 Å². The van der Waals surface area contributed by atoms with Crippen molar-refractivity contribution in [3.8, 4) is 11.3 Å². The maximum absolute atomic E-state index is 6.06. The molecular formula is C16H23N3. The number of nitrogens with zero attached hydrogens (tertiary/aromatic N) is 2. The molecule has 1 aromatic carbocycles. The summed E-state index contributed by atoms with van der Waals surface area (Å²) in [6, 6.07) is 8.56. The van der Waals surface area contributed by atoms with E-state index in [2.05, 4.69) is 50.1 Å². The molecule has 0 unspecified atom stereocenters. The van der Waals surface area contributed by atoms with Gasteiger partial charge in [0.2, 0.25) is 0 Å². The Morgan fingerprint density at radius 1 is 1.21 bits per heavy atom. The number of nitrogen functional groups attached to an aromatic ring is 1. The Bertz CT molecular complexity index is 523. The third kappa shape index (κ3) is 3.37. The molecule has 2 N–H and O–H groups in total. The molecule has 0 spiro atoms. The lowest BCUT2D eigenvalue weighted by Gasteiger charge is -2.04. The van der Waals surface area contributed by atoms with E-state index in [-0.39, 0.29) is 0 Å². The fourth-order valence-corrected chi connectivity index (χ4v) is 2.25. The highest BCUT2D eigenvalue weighted by atomic mass is 15.3. The highest BCUT2D eigenvalue weighted by Gasteiger charge is 2.09. The summed E-state index contributed by atoms with van der Waals surface area (Å²) in [4.78, 5) is 0. The van der Waals surface area contributed by atoms with Gasteiger partial charge in [0, 0.05) is 18.3 Å². The van der Waals surface area contributed by atoms with Crippen LogP contribution < -0.4 is 5.73 Å². The lowest BCUT2D eigenvalue weighted by atomic mass is 10.1. The fraction of sp³-hybridized carbons (Fsp3) is 0.438. The molecule has 0 aliphatic heterocycles. The van der Waals surface area contributed by atoms with Crippen LogP contribution in [-0.2, 0) is 13.0 Å². The van der Waals surface area contributed by atoms with Gasteiger partial charge in [-0.05, 0) is 17.9 Å². The second kappa shape index (κ2) is 5.91. The lowest BCUT2D eigenvalue weighted by Crippen LogP contribution is -2.04. The zero-order valence-electron chi connectivity index (χ0n) is 12.1. The van der Waals surface area contributed by atoms with Crippen LogP contribution in [0.5, 0.6) is 0 Å². The van der Waals surface area contributed by atoms with E-state index in [4.69, 9.17) is 5.73 Å². The zero-order chi connectivity index (χ0) is 13.8. The molecule has 0 aliphatic rings. The summed E-state index contributed by atoms with van der Waals surface area (Å²) in [5, 5.41) is 4.59. The summed E-state index contributed by atoms with van der Waals surface area (Å²) < 4.78 is 1.94. The number of rotatable bonds is 5. The van der Waals surface area contributed by atoms with Gasteiger partial charge in [-0.25, -0.2) is 0 Å². The van der Waals surface area contributed by atoms with Crippen LogP contribution in [0.4, 0.5) is 5.69 Å². The molecule has 3 nitrogen and oxygen atoms in total. The molecule has 1 heterocycles. The van der Waals surface area contributed by atoms with Gasteiger partial charge in [-0.3, -0.25) is 4.68 Å². The summed E-state index contributed by atoms with van der Waals surface area (Å²) in [7, 11) is 0. The molecule has 2 aromatic rings. The zero-order valence-corrected chi connectivity index (χ0v) is 12.1. The van der Waals surface area contributed by atoms with Crippen LogP contribution in [0.25, 0.3) is 11.3 Å². The van der Waals surface area contributed by atoms with Gasteiger partial charge in [0.05, 0.1) is 5.69 Å². The summed E-state index contributed by atoms with van der Waals surface area (Å²) in [6.07, 6.45) is 4.22. The number of aromatic nitrogens is 2. The minimum Gasteiger partial charge on any atom is -0.396 e. The number of nitrogens with two attached hydrogens (primary N) is 1. The first kappa shape index (κ1) is 13.7. The first-order valence-corrected chi connectivity index (χ1v) is 7.02. The molecule has 0 fully saturated rings. The third-order valence-electron chi connectivity index (χ3n) is 3.11. The molecule has 0 saturated heterocycles. The van der Waals surface area contributed by atoms with E-state index in [0.29, 0.717) is 5.92 Å². The van der Waals surface area contributed by atoms with E-state index in [0.717, 1.165) is 29.9 Å². The monoisotopic (exact) mass is 257 g/mol. The average Bonchev–Trinajstić information content (AvgIpc) is 2.71. The van der Waals surface area contributed by atoms with Gasteiger partial charge in [0.25, 0.3) is 0 Å². The molecule has 3 heteroatoms. The number of anilines is 1. The van der Waals surface area contributed by atoms with Crippen molar-refractivity contribution in [3.63, 3.8) is 0 Å². The smallest absolute Gasteiger partial charge is 0.115 e. The van der Waals surface area contributed by atoms with Gasteiger partial charge in [0.15, 0.2) is 0 Å². The number of benzene rings is 1. The molecule has 0 bridgehead atoms. The highest BCUT2D eigenvalue weighted by molar-refractivity contribution is 5.72. The quantitative estimate of drug-likeness (QED) is 0.886. The van der Waals surface area contributed by atoms with Crippen molar-refractivity contribution in [2.45, 2.75) is 40.2 Å². The SMILES string of the molecule is CCCc1ccc(-c2nn(CC(C)C)cc2N)cc1. The van der Waals surface area contributed by atoms with E-state index < -0.39 is 0 Å². The molecule has 0 saturated carbocycles. The van der Waals surface area contributed by atoms with Crippen LogP contribution in [-0.4, -0.2) is 9.78 Å². The Balaban J connectivity index is 2.23. The van der Waals surface area contributed by atoms with E-state index in [9.17, 15) is 0 Å². The second-order valence-corrected chi connectivity index (χ2v) is 5.50. The van der Waals surface area contributed by atoms with Crippen molar-refractivity contribution in [2.75, 3.05) is 5.73 Å². The lowest BCUT2D eigenvalue weighted by molar-refractivity contribution is 0.484. The maximum Gasteiger partial charge on any atom is 0.115 e. The van der Waals surface area contributed by atoms with Gasteiger partial charge in [0.1, 0.15) is 5.69 Å². The Kier molecular flexibility index (Phi) is 4.25. The topological polar surface area (TPSA) is 43.8 Å². The standard InChI is InChI=1S/C16H23N3/c1-4-5-13-6-8-14(9-7-13)16-15(17)11-19(18-16)10-12(2)3/h6-9,11-12H,4-5,10,17H2,1-3H3. The van der Waals surface area contributed by atoms with Crippen molar-refractivity contribution in [2.24, 2.45) is 5.92 Å². The van der Waals surface area contributed by atoms with E-state index in [1.165, 1.54) is 12.0 Å². The Morgan fingerprint density at radius 2 is 1.89 bits per heavy atom. The normalized spacial score (nSPS) is 11.2. The Hall–Kier alpha value is -1.77. The van der Waals surface area contributed by atoms with Gasteiger partial charge < -0.3 is 5.73 Å². The Morgan fingerprint density at radius 3 is 2.47 bits per heavy atom. The molecular weight excluding hydrogens is 234 g/mol. The van der Waals surface area contributed by atoms with Gasteiger partial charge in [-0.15, -0.1) is 0 Å². The predicted octanol–water partition coefficient (Wildman–Crippen LogP) is 3.74. The number of hydrogen-bond acceptors (Lipinski definition) is 2. The van der Waals surface area contributed by atoms with Crippen molar-refractivity contribution < 1.29 is 0 Å². The van der Waals surface area contributed by atoms with Crippen molar-refractivity contribution in [3.05, 3.63) is 36.0 Å². The summed E-state index contributed by atoms with van der Waals surface area (Å²) in [6.45, 7) is 7.45. The molecule has 0 radical (unpaired) electrons. The predicted molar refractivity (Wildman–Crippen MR) is 80.9 cm³/mol. The number of hydrogen-bond donors (Lipinski definition) is 1. The van der Waals surface area contributed by atoms with Crippen LogP contribution >= 0.6 is 0 Å². The second-order valence-electron chi connectivity index (χ2n) is 5.50. The molecule has 19 heavy (non-hydrogen) atoms. The molecule has 1 aromatic heterocycles. The third-order valence-corrected chi connectivity index (χ3v) is 3.11. The first-order valence-electron chi connectivity index (χ1n) is 7.02. The summed E-state index contributed by atoms with van der Waals surface area (Å²) >= 11 is 0. The van der Waals surface area contributed by atoms with E-state index >= 15 is 0 Å². The van der Waals surface area contributed by atoms with Gasteiger partial charge in [-0.2, -0.15) is 5.10 Å². The maximum atomic E-state index is 6.06. The minimum absolute atomic E-state index is 0.569. The molecule has 2 rings (SSSR count). The largest absolute Gasteiger partial charge is 0.396 e. The summed E-state index contributed by atoms with van der Waals surface area (Å²) in [5.41, 5.74) is 10.2. The van der Waals surface area contributed by atoms with Crippen LogP contribution in [0.3, 0.4) is 0 Å². The first-order chi connectivity index (χ1) is 9.10. The molecule has 0 amide bonds. The molecule has 0 atom stereocenters. The molecule has 102 valence electrons. The summed E-state index contributed by atoms with van der Waals surface area (Å²) in [5.74, 6) is 0.569. The fourth-order valence-electron chi connectivity index (χ4n) is 2.25. The van der Waals surface area contributed by atoms with E-state index in [1.807, 2.05) is 10.9 Å². The van der Waals surface area contributed by atoms with Crippen LogP contribution in [0.1, 0.15) is 32.8 Å². The van der Waals surface area contributed by atoms with Gasteiger partial charge in [-0.1, -0.05) is 51.5 Å². The number of aryl methyl sites for hydroxylation is 1. The molecule has 0 aliphatic carbocycles. The Labute approximate surface area is 115 Å². The van der Waals surface area contributed by atoms with E-state index in [1.54, 1.807) is 0 Å². The van der Waals surface area contributed by atoms with Crippen LogP contribution in [0, 0.1) is 5.92 Å². The van der Waals surface area contributed by atoms with Crippen LogP contribution in [0.2, 0.25) is 0 Å². The van der Waals surface area contributed by atoms with Gasteiger partial charge >= 0.3 is 0 Å². The average molecular weight is 257 g/mol. The van der Waals surface area contributed by atoms with Crippen LogP contribution in [0.15, 0.2) is 30.5 Å². The highest BCUT2D eigenvalue weighted by Crippen LogP contribution is 2.24. The van der Waals surface area contributed by atoms with Crippen molar-refractivity contribution >= 4 is 5.69 Å².